The molecule has 3 heterocycles. The third kappa shape index (κ3) is 6.05. The molecule has 0 radical (unpaired) electrons. The van der Waals surface area contributed by atoms with Gasteiger partial charge in [0.15, 0.2) is 0 Å². The average Bonchev–Trinajstić information content (AvgIpc) is 3.38. The summed E-state index contributed by atoms with van der Waals surface area (Å²) in [6.07, 6.45) is -13.3. The normalized spacial score (nSPS) is 17.3. The Morgan fingerprint density at radius 1 is 0.932 bits per heavy atom. The average molecular weight is 630 g/mol. The lowest BCUT2D eigenvalue weighted by atomic mass is 9.99. The molecule has 6 nitrogen and oxygen atoms in total. The first-order valence-corrected chi connectivity index (χ1v) is 13.2. The number of alkyl halides is 9. The van der Waals surface area contributed by atoms with E-state index in [1.54, 1.807) is 11.8 Å². The number of halogens is 9. The minimum atomic E-state index is -4.77. The highest BCUT2D eigenvalue weighted by molar-refractivity contribution is 5.94. The van der Waals surface area contributed by atoms with Gasteiger partial charge >= 0.3 is 18.5 Å². The molecule has 0 aliphatic carbocycles. The molecule has 44 heavy (non-hydrogen) atoms. The number of pyridine rings is 1. The number of rotatable bonds is 5. The minimum Gasteiger partial charge on any atom is -0.384 e. The van der Waals surface area contributed by atoms with Gasteiger partial charge in [-0.05, 0) is 42.8 Å². The standard InChI is InChI=1S/C29H24F9N5O/c1-3-23(44)17-10-21(29(36,37)38)25(39-13-17)42-8-9-43(15(2)14-42)26-40-22-12-19(28(33,34)35)11-20(24(22)41-26)16-4-6-18(7-5-16)27(30,31)32/h3-7,10-13,15,23,44H,1,8-9,14H2,2H3,(H,40,41)/t15-,23+/m1/s1. The molecule has 2 N–H and O–H groups in total. The van der Waals surface area contributed by atoms with Gasteiger partial charge < -0.3 is 19.9 Å². The topological polar surface area (TPSA) is 68.3 Å². The molecule has 0 amide bonds. The van der Waals surface area contributed by atoms with Crippen LogP contribution in [0.5, 0.6) is 0 Å². The van der Waals surface area contributed by atoms with E-state index in [9.17, 15) is 44.6 Å². The first-order chi connectivity index (χ1) is 20.5. The van der Waals surface area contributed by atoms with E-state index in [-0.39, 0.29) is 59.1 Å². The fourth-order valence-corrected chi connectivity index (χ4v) is 5.16. The summed E-state index contributed by atoms with van der Waals surface area (Å²) >= 11 is 0. The Morgan fingerprint density at radius 3 is 2.16 bits per heavy atom. The van der Waals surface area contributed by atoms with Gasteiger partial charge in [-0.1, -0.05) is 18.2 Å². The number of aliphatic hydroxyl groups excluding tert-OH is 1. The number of piperazine rings is 1. The van der Waals surface area contributed by atoms with E-state index < -0.39 is 47.4 Å². The van der Waals surface area contributed by atoms with Crippen LogP contribution in [0.1, 0.15) is 35.3 Å². The molecule has 0 spiro atoms. The van der Waals surface area contributed by atoms with Gasteiger partial charge in [0.1, 0.15) is 5.82 Å². The van der Waals surface area contributed by atoms with E-state index in [0.29, 0.717) is 0 Å². The fourth-order valence-electron chi connectivity index (χ4n) is 5.16. The van der Waals surface area contributed by atoms with Crippen LogP contribution in [-0.2, 0) is 18.5 Å². The fraction of sp³-hybridized carbons (Fsp3) is 0.310. The molecule has 15 heteroatoms. The highest BCUT2D eigenvalue weighted by Crippen LogP contribution is 2.40. The Hall–Kier alpha value is -4.27. The highest BCUT2D eigenvalue weighted by atomic mass is 19.4. The summed E-state index contributed by atoms with van der Waals surface area (Å²) in [6.45, 7) is 5.26. The van der Waals surface area contributed by atoms with E-state index >= 15 is 0 Å². The monoisotopic (exact) mass is 629 g/mol. The number of H-pyrrole nitrogens is 1. The van der Waals surface area contributed by atoms with Crippen molar-refractivity contribution in [1.82, 2.24) is 15.0 Å². The number of hydrogen-bond donors (Lipinski definition) is 2. The largest absolute Gasteiger partial charge is 0.419 e. The molecule has 2 aromatic heterocycles. The Bertz CT molecular complexity index is 1680. The van der Waals surface area contributed by atoms with Crippen molar-refractivity contribution in [2.24, 2.45) is 0 Å². The highest BCUT2D eigenvalue weighted by Gasteiger charge is 2.39. The third-order valence-corrected chi connectivity index (χ3v) is 7.39. The molecule has 0 saturated carbocycles. The van der Waals surface area contributed by atoms with Crippen molar-refractivity contribution in [2.75, 3.05) is 29.4 Å². The number of anilines is 2. The van der Waals surface area contributed by atoms with Crippen LogP contribution in [0.4, 0.5) is 51.3 Å². The Labute approximate surface area is 244 Å². The van der Waals surface area contributed by atoms with Gasteiger partial charge in [-0.3, -0.25) is 0 Å². The second-order valence-electron chi connectivity index (χ2n) is 10.4. The summed E-state index contributed by atoms with van der Waals surface area (Å²) in [5.74, 6) is -0.193. The number of aromatic nitrogens is 3. The lowest BCUT2D eigenvalue weighted by molar-refractivity contribution is -0.138. The second-order valence-corrected chi connectivity index (χ2v) is 10.4. The summed E-state index contributed by atoms with van der Waals surface area (Å²) in [5.41, 5.74) is -2.99. The summed E-state index contributed by atoms with van der Waals surface area (Å²) in [6, 6.07) is 5.65. The van der Waals surface area contributed by atoms with Crippen LogP contribution in [0.15, 0.2) is 61.3 Å². The molecular formula is C29H24F9N5O. The number of fused-ring (bicyclic) bond motifs is 1. The van der Waals surface area contributed by atoms with Crippen molar-refractivity contribution in [3.8, 4) is 11.1 Å². The van der Waals surface area contributed by atoms with Gasteiger partial charge in [0, 0.05) is 43.0 Å². The van der Waals surface area contributed by atoms with Crippen molar-refractivity contribution in [2.45, 2.75) is 37.6 Å². The first kappa shape index (κ1) is 31.2. The van der Waals surface area contributed by atoms with E-state index in [0.717, 1.165) is 54.7 Å². The number of aliphatic hydroxyl groups is 1. The second kappa shape index (κ2) is 11.0. The SMILES string of the molecule is C=C[C@H](O)c1cnc(N2CCN(c3nc4cc(C(F)(F)F)cc(-c5ccc(C(F)(F)F)cc5)c4[nH]3)[C@H](C)C2)c(C(F)(F)F)c1. The van der Waals surface area contributed by atoms with Gasteiger partial charge in [0.25, 0.3) is 0 Å². The molecule has 2 aromatic carbocycles. The molecule has 234 valence electrons. The first-order valence-electron chi connectivity index (χ1n) is 13.2. The van der Waals surface area contributed by atoms with E-state index in [4.69, 9.17) is 0 Å². The quantitative estimate of drug-likeness (QED) is 0.176. The Kier molecular flexibility index (Phi) is 7.81. The number of imidazole rings is 1. The van der Waals surface area contributed by atoms with E-state index in [1.165, 1.54) is 4.90 Å². The third-order valence-electron chi connectivity index (χ3n) is 7.39. The molecule has 0 unspecified atom stereocenters. The van der Waals surface area contributed by atoms with Gasteiger partial charge in [0.05, 0.1) is 33.8 Å². The number of aromatic amines is 1. The molecule has 5 rings (SSSR count). The van der Waals surface area contributed by atoms with Crippen molar-refractivity contribution >= 4 is 22.8 Å². The van der Waals surface area contributed by atoms with Gasteiger partial charge in [-0.15, -0.1) is 6.58 Å². The molecular weight excluding hydrogens is 605 g/mol. The van der Waals surface area contributed by atoms with Crippen molar-refractivity contribution in [3.63, 3.8) is 0 Å². The van der Waals surface area contributed by atoms with E-state index in [1.807, 2.05) is 0 Å². The summed E-state index contributed by atoms with van der Waals surface area (Å²) in [7, 11) is 0. The van der Waals surface area contributed by atoms with Crippen LogP contribution in [-0.4, -0.2) is 45.7 Å². The Balaban J connectivity index is 1.49. The van der Waals surface area contributed by atoms with Gasteiger partial charge in [0.2, 0.25) is 5.95 Å². The molecule has 4 aromatic rings. The molecule has 0 bridgehead atoms. The predicted molar refractivity (Wildman–Crippen MR) is 145 cm³/mol. The van der Waals surface area contributed by atoms with Crippen LogP contribution in [0, 0.1) is 0 Å². The smallest absolute Gasteiger partial charge is 0.384 e. The van der Waals surface area contributed by atoms with Crippen LogP contribution in [0.2, 0.25) is 0 Å². The maximum Gasteiger partial charge on any atom is 0.419 e. The van der Waals surface area contributed by atoms with Crippen LogP contribution in [0.25, 0.3) is 22.2 Å². The summed E-state index contributed by atoms with van der Waals surface area (Å²) in [5, 5.41) is 9.92. The summed E-state index contributed by atoms with van der Waals surface area (Å²) in [4.78, 5) is 14.4. The minimum absolute atomic E-state index is 0.0191. The number of hydrogen-bond acceptors (Lipinski definition) is 5. The maximum atomic E-state index is 13.9. The van der Waals surface area contributed by atoms with Crippen molar-refractivity contribution in [3.05, 3.63) is 83.6 Å². The number of benzene rings is 2. The van der Waals surface area contributed by atoms with Crippen LogP contribution in [0.3, 0.4) is 0 Å². The molecule has 2 atom stereocenters. The van der Waals surface area contributed by atoms with Crippen molar-refractivity contribution < 1.29 is 44.6 Å². The maximum absolute atomic E-state index is 13.9. The van der Waals surface area contributed by atoms with Gasteiger partial charge in [-0.25, -0.2) is 9.97 Å². The molecule has 1 aliphatic rings. The zero-order chi connectivity index (χ0) is 32.2. The van der Waals surface area contributed by atoms with Crippen molar-refractivity contribution in [1.29, 1.82) is 0 Å². The van der Waals surface area contributed by atoms with Crippen LogP contribution >= 0.6 is 0 Å². The predicted octanol–water partition coefficient (Wildman–Crippen LogP) is 7.62. The number of nitrogens with one attached hydrogen (secondary N) is 1. The Morgan fingerprint density at radius 2 is 1.59 bits per heavy atom. The number of nitrogens with zero attached hydrogens (tertiary/aromatic N) is 4. The lowest BCUT2D eigenvalue weighted by Crippen LogP contribution is -2.53. The molecule has 1 fully saturated rings. The van der Waals surface area contributed by atoms with Crippen LogP contribution < -0.4 is 9.80 Å². The molecule has 1 saturated heterocycles. The van der Waals surface area contributed by atoms with E-state index in [2.05, 4.69) is 21.5 Å². The zero-order valence-electron chi connectivity index (χ0n) is 22.8. The molecule has 1 aliphatic heterocycles. The van der Waals surface area contributed by atoms with Gasteiger partial charge in [-0.2, -0.15) is 39.5 Å². The summed E-state index contributed by atoms with van der Waals surface area (Å²) < 4.78 is 122. The lowest BCUT2D eigenvalue weighted by Gasteiger charge is -2.41. The zero-order valence-corrected chi connectivity index (χ0v) is 22.8.